The van der Waals surface area contributed by atoms with Crippen molar-refractivity contribution in [3.05, 3.63) is 65.7 Å². The number of rotatable bonds is 5. The van der Waals surface area contributed by atoms with Gasteiger partial charge in [0.05, 0.1) is 13.2 Å². The highest BCUT2D eigenvalue weighted by Gasteiger charge is 2.45. The molecule has 0 saturated heterocycles. The fourth-order valence-corrected chi connectivity index (χ4v) is 5.62. The molecule has 42 heavy (non-hydrogen) atoms. The Hall–Kier alpha value is -3.85. The molecule has 9 nitrogen and oxygen atoms in total. The molecule has 3 atom stereocenters. The number of fused-ring (bicyclic) bond motifs is 1. The summed E-state index contributed by atoms with van der Waals surface area (Å²) in [6.45, 7) is 5.19. The van der Waals surface area contributed by atoms with Crippen molar-refractivity contribution in [3.63, 3.8) is 0 Å². The Morgan fingerprint density at radius 1 is 1.05 bits per heavy atom. The largest absolute Gasteiger partial charge is 0.497 e. The highest BCUT2D eigenvalue weighted by atomic mass is 16.5. The monoisotopic (exact) mass is 576 g/mol. The van der Waals surface area contributed by atoms with Gasteiger partial charge in [-0.05, 0) is 42.5 Å². The number of hydrogen-bond donors (Lipinski definition) is 4. The van der Waals surface area contributed by atoms with Crippen LogP contribution in [0.25, 0.3) is 6.08 Å². The summed E-state index contributed by atoms with van der Waals surface area (Å²) in [5, 5.41) is 12.5. The maximum absolute atomic E-state index is 13.9. The van der Waals surface area contributed by atoms with Crippen molar-refractivity contribution in [1.29, 1.82) is 0 Å². The van der Waals surface area contributed by atoms with Crippen LogP contribution in [0.2, 0.25) is 0 Å². The van der Waals surface area contributed by atoms with Crippen LogP contribution >= 0.6 is 0 Å². The molecule has 4 rings (SSSR count). The van der Waals surface area contributed by atoms with Gasteiger partial charge < -0.3 is 30.7 Å². The number of para-hydroxylation sites is 1. The third-order valence-electron chi connectivity index (χ3n) is 8.28. The van der Waals surface area contributed by atoms with Gasteiger partial charge >= 0.3 is 0 Å². The van der Waals surface area contributed by atoms with Gasteiger partial charge in [0.1, 0.15) is 29.7 Å². The van der Waals surface area contributed by atoms with E-state index in [2.05, 4.69) is 21.3 Å². The lowest BCUT2D eigenvalue weighted by Crippen LogP contribution is -2.64. The fourth-order valence-electron chi connectivity index (χ4n) is 5.62. The van der Waals surface area contributed by atoms with Crippen LogP contribution in [0, 0.1) is 5.92 Å². The zero-order valence-electron chi connectivity index (χ0n) is 24.9. The summed E-state index contributed by atoms with van der Waals surface area (Å²) in [7, 11) is 1.59. The molecule has 1 spiro atoms. The second-order valence-electron chi connectivity index (χ2n) is 11.2. The average molecular weight is 577 g/mol. The molecule has 1 heterocycles. The van der Waals surface area contributed by atoms with Crippen LogP contribution in [-0.4, -0.2) is 62.2 Å². The molecule has 1 aliphatic carbocycles. The Morgan fingerprint density at radius 2 is 1.83 bits per heavy atom. The van der Waals surface area contributed by atoms with E-state index in [0.29, 0.717) is 31.7 Å². The zero-order valence-corrected chi connectivity index (χ0v) is 24.9. The van der Waals surface area contributed by atoms with Gasteiger partial charge in [-0.15, -0.1) is 0 Å². The van der Waals surface area contributed by atoms with E-state index in [1.807, 2.05) is 74.5 Å². The number of methoxy groups -OCH3 is 1. The number of benzene rings is 2. The summed E-state index contributed by atoms with van der Waals surface area (Å²) in [6.07, 6.45) is 7.52. The first-order chi connectivity index (χ1) is 20.3. The van der Waals surface area contributed by atoms with Crippen LogP contribution in [0.3, 0.4) is 0 Å². The van der Waals surface area contributed by atoms with Gasteiger partial charge in [0, 0.05) is 25.1 Å². The first kappa shape index (κ1) is 31.1. The van der Waals surface area contributed by atoms with E-state index in [0.717, 1.165) is 36.1 Å². The minimum absolute atomic E-state index is 0.0407. The molecule has 2 aromatic carbocycles. The van der Waals surface area contributed by atoms with E-state index < -0.39 is 17.6 Å². The molecule has 0 radical (unpaired) electrons. The van der Waals surface area contributed by atoms with Gasteiger partial charge in [-0.25, -0.2) is 0 Å². The van der Waals surface area contributed by atoms with E-state index in [1.165, 1.54) is 0 Å². The van der Waals surface area contributed by atoms with Crippen molar-refractivity contribution in [2.75, 3.05) is 26.8 Å². The zero-order chi connectivity index (χ0) is 30.0. The Bertz CT molecular complexity index is 1260. The lowest BCUT2D eigenvalue weighted by Gasteiger charge is -2.34. The summed E-state index contributed by atoms with van der Waals surface area (Å²) in [5.41, 5.74) is 0.663. The Labute approximate surface area is 248 Å². The third-order valence-corrected chi connectivity index (χ3v) is 8.28. The predicted octanol–water partition coefficient (Wildman–Crippen LogP) is 3.38. The Morgan fingerprint density at radius 3 is 2.60 bits per heavy atom. The summed E-state index contributed by atoms with van der Waals surface area (Å²) >= 11 is 0. The van der Waals surface area contributed by atoms with E-state index >= 15 is 0 Å². The number of carbonyl (C=O) groups excluding carboxylic acids is 3. The number of ether oxygens (including phenoxy) is 2. The molecule has 1 aliphatic heterocycles. The summed E-state index contributed by atoms with van der Waals surface area (Å²) in [5.74, 6) is 0.596. The highest BCUT2D eigenvalue weighted by Crippen LogP contribution is 2.31. The topological polar surface area (TPSA) is 118 Å². The van der Waals surface area contributed by atoms with Gasteiger partial charge in [-0.2, -0.15) is 0 Å². The molecule has 2 aromatic rings. The first-order valence-electron chi connectivity index (χ1n) is 15.0. The van der Waals surface area contributed by atoms with E-state index in [1.54, 1.807) is 7.11 Å². The standard InChI is InChI=1S/C33H44N4O5/c1-4-23(2)29-31(39)37-33(16-7-8-17-33)32(40)36-27(22-24-11-9-14-26(21-24)41-3)30(38)35-18-10-13-25-12-5-6-15-28(25)42-20-19-34-29/h5-6,9-15,21,23,27,29,34H,4,7-8,16-20,22H2,1-3H3,(H,35,38)(H,36,40)(H,37,39)/b13-10-/t23-,27-,29-/m0/s1. The molecule has 2 aliphatic rings. The predicted molar refractivity (Wildman–Crippen MR) is 163 cm³/mol. The summed E-state index contributed by atoms with van der Waals surface area (Å²) < 4.78 is 11.4. The number of hydrogen-bond acceptors (Lipinski definition) is 6. The molecule has 3 amide bonds. The van der Waals surface area contributed by atoms with Crippen molar-refractivity contribution < 1.29 is 23.9 Å². The van der Waals surface area contributed by atoms with Gasteiger partial charge in [-0.3, -0.25) is 14.4 Å². The van der Waals surface area contributed by atoms with Crippen molar-refractivity contribution in [3.8, 4) is 11.5 Å². The van der Waals surface area contributed by atoms with E-state index in [9.17, 15) is 14.4 Å². The van der Waals surface area contributed by atoms with Gasteiger partial charge in [0.25, 0.3) is 0 Å². The van der Waals surface area contributed by atoms with Crippen LogP contribution in [-0.2, 0) is 20.8 Å². The Balaban J connectivity index is 1.65. The maximum atomic E-state index is 13.9. The smallest absolute Gasteiger partial charge is 0.246 e. The van der Waals surface area contributed by atoms with Crippen molar-refractivity contribution in [2.45, 2.75) is 70.0 Å². The minimum Gasteiger partial charge on any atom is -0.497 e. The average Bonchev–Trinajstić information content (AvgIpc) is 3.48. The number of carbonyl (C=O) groups is 3. The van der Waals surface area contributed by atoms with Crippen molar-refractivity contribution in [1.82, 2.24) is 21.3 Å². The molecule has 0 bridgehead atoms. The lowest BCUT2D eigenvalue weighted by molar-refractivity contribution is -0.137. The van der Waals surface area contributed by atoms with Gasteiger partial charge in [0.15, 0.2) is 0 Å². The van der Waals surface area contributed by atoms with Crippen LogP contribution in [0.5, 0.6) is 11.5 Å². The molecular weight excluding hydrogens is 532 g/mol. The van der Waals surface area contributed by atoms with Crippen molar-refractivity contribution >= 4 is 23.8 Å². The third kappa shape index (κ3) is 7.91. The maximum Gasteiger partial charge on any atom is 0.246 e. The molecule has 0 unspecified atom stereocenters. The minimum atomic E-state index is -1.07. The van der Waals surface area contributed by atoms with Gasteiger partial charge in [-0.1, -0.05) is 75.6 Å². The lowest BCUT2D eigenvalue weighted by atomic mass is 9.92. The fraction of sp³-hybridized carbons (Fsp3) is 0.485. The quantitative estimate of drug-likeness (QED) is 0.434. The second kappa shape index (κ2) is 14.9. The summed E-state index contributed by atoms with van der Waals surface area (Å²) in [4.78, 5) is 41.2. The number of nitrogens with one attached hydrogen (secondary N) is 4. The molecular formula is C33H44N4O5. The Kier molecular flexibility index (Phi) is 11.0. The van der Waals surface area contributed by atoms with E-state index in [-0.39, 0.29) is 36.6 Å². The van der Waals surface area contributed by atoms with Crippen LogP contribution in [0.4, 0.5) is 0 Å². The molecule has 1 fully saturated rings. The molecule has 226 valence electrons. The molecule has 1 saturated carbocycles. The highest BCUT2D eigenvalue weighted by molar-refractivity contribution is 5.96. The van der Waals surface area contributed by atoms with Crippen molar-refractivity contribution in [2.24, 2.45) is 5.92 Å². The van der Waals surface area contributed by atoms with Crippen LogP contribution in [0.1, 0.15) is 57.1 Å². The van der Waals surface area contributed by atoms with E-state index in [4.69, 9.17) is 9.47 Å². The summed E-state index contributed by atoms with van der Waals surface area (Å²) in [6, 6.07) is 13.8. The molecule has 9 heteroatoms. The number of amides is 3. The molecule has 0 aromatic heterocycles. The SMILES string of the molecule is CC[C@H](C)[C@@H]1NCCOc2ccccc2/C=C\CNC(=O)[C@H](Cc2cccc(OC)c2)NC(=O)C2(CCCC2)NC1=O. The second-order valence-corrected chi connectivity index (χ2v) is 11.2. The first-order valence-corrected chi connectivity index (χ1v) is 15.0. The molecule has 4 N–H and O–H groups in total. The van der Waals surface area contributed by atoms with Gasteiger partial charge in [0.2, 0.25) is 17.7 Å². The normalized spacial score (nSPS) is 23.3. The van der Waals surface area contributed by atoms with Crippen LogP contribution in [0.15, 0.2) is 54.6 Å². The van der Waals surface area contributed by atoms with Crippen LogP contribution < -0.4 is 30.7 Å².